The van der Waals surface area contributed by atoms with Crippen LogP contribution in [0, 0.1) is 6.92 Å². The number of benzene rings is 1. The fourth-order valence-electron chi connectivity index (χ4n) is 1.60. The number of nitrogen functional groups attached to an aromatic ring is 1. The lowest BCUT2D eigenvalue weighted by Gasteiger charge is -2.05. The van der Waals surface area contributed by atoms with Crippen LogP contribution in [-0.2, 0) is 13.5 Å². The van der Waals surface area contributed by atoms with Crippen molar-refractivity contribution in [2.75, 3.05) is 12.3 Å². The molecule has 0 aliphatic heterocycles. The smallest absolute Gasteiger partial charge is 0.147 e. The van der Waals surface area contributed by atoms with Gasteiger partial charge in [0.25, 0.3) is 0 Å². The highest BCUT2D eigenvalue weighted by Gasteiger charge is 2.03. The topological polar surface area (TPSA) is 66.0 Å². The van der Waals surface area contributed by atoms with E-state index in [4.69, 9.17) is 10.5 Å². The van der Waals surface area contributed by atoms with Crippen LogP contribution < -0.4 is 10.5 Å². The monoisotopic (exact) mass is 232 g/mol. The number of anilines is 1. The molecule has 0 aliphatic carbocycles. The lowest BCUT2D eigenvalue weighted by molar-refractivity contribution is 0.317. The standard InChI is InChI=1S/C12H16N4O/c1-9-14-12(16(2)15-9)7-8-17-11-5-3-10(13)4-6-11/h3-6H,7-8,13H2,1-2H3. The molecule has 1 aromatic heterocycles. The Morgan fingerprint density at radius 3 is 2.59 bits per heavy atom. The number of hydrogen-bond acceptors (Lipinski definition) is 4. The van der Waals surface area contributed by atoms with Crippen LogP contribution in [0.25, 0.3) is 0 Å². The van der Waals surface area contributed by atoms with Crippen LogP contribution in [0.4, 0.5) is 5.69 Å². The number of hydrogen-bond donors (Lipinski definition) is 1. The Hall–Kier alpha value is -2.04. The predicted octanol–water partition coefficient (Wildman–Crippen LogP) is 1.33. The van der Waals surface area contributed by atoms with Gasteiger partial charge < -0.3 is 10.5 Å². The Labute approximate surface area is 100 Å². The zero-order valence-corrected chi connectivity index (χ0v) is 10.1. The normalized spacial score (nSPS) is 10.5. The molecule has 17 heavy (non-hydrogen) atoms. The van der Waals surface area contributed by atoms with E-state index in [1.807, 2.05) is 38.2 Å². The van der Waals surface area contributed by atoms with Gasteiger partial charge in [-0.3, -0.25) is 4.68 Å². The first-order valence-corrected chi connectivity index (χ1v) is 5.50. The molecule has 0 amide bonds. The molecule has 0 radical (unpaired) electrons. The molecule has 0 saturated heterocycles. The van der Waals surface area contributed by atoms with Gasteiger partial charge in [0.2, 0.25) is 0 Å². The summed E-state index contributed by atoms with van der Waals surface area (Å²) >= 11 is 0. The van der Waals surface area contributed by atoms with E-state index in [2.05, 4.69) is 10.1 Å². The molecule has 2 aromatic rings. The van der Waals surface area contributed by atoms with Crippen LogP contribution >= 0.6 is 0 Å². The van der Waals surface area contributed by atoms with Gasteiger partial charge in [-0.15, -0.1) is 0 Å². The molecular formula is C12H16N4O. The van der Waals surface area contributed by atoms with Crippen molar-refractivity contribution < 1.29 is 4.74 Å². The van der Waals surface area contributed by atoms with E-state index in [0.29, 0.717) is 6.61 Å². The van der Waals surface area contributed by atoms with Crippen LogP contribution in [0.2, 0.25) is 0 Å². The number of ether oxygens (including phenoxy) is 1. The highest BCUT2D eigenvalue weighted by Crippen LogP contribution is 2.13. The third kappa shape index (κ3) is 2.96. The van der Waals surface area contributed by atoms with Gasteiger partial charge in [-0.1, -0.05) is 0 Å². The quantitative estimate of drug-likeness (QED) is 0.807. The van der Waals surface area contributed by atoms with Gasteiger partial charge in [0, 0.05) is 19.2 Å². The molecule has 0 fully saturated rings. The Balaban J connectivity index is 1.87. The summed E-state index contributed by atoms with van der Waals surface area (Å²) in [6, 6.07) is 7.36. The summed E-state index contributed by atoms with van der Waals surface area (Å²) < 4.78 is 7.37. The summed E-state index contributed by atoms with van der Waals surface area (Å²) in [7, 11) is 1.89. The van der Waals surface area contributed by atoms with Gasteiger partial charge in [-0.05, 0) is 31.2 Å². The summed E-state index contributed by atoms with van der Waals surface area (Å²) in [5, 5.41) is 4.18. The molecule has 0 unspecified atom stereocenters. The van der Waals surface area contributed by atoms with E-state index < -0.39 is 0 Å². The minimum Gasteiger partial charge on any atom is -0.493 e. The van der Waals surface area contributed by atoms with Crippen LogP contribution in [0.3, 0.4) is 0 Å². The lowest BCUT2D eigenvalue weighted by Crippen LogP contribution is -2.07. The highest BCUT2D eigenvalue weighted by molar-refractivity contribution is 5.41. The van der Waals surface area contributed by atoms with Crippen molar-refractivity contribution in [2.24, 2.45) is 7.05 Å². The van der Waals surface area contributed by atoms with Gasteiger partial charge in [0.05, 0.1) is 6.61 Å². The minimum absolute atomic E-state index is 0.579. The van der Waals surface area contributed by atoms with Crippen LogP contribution in [0.15, 0.2) is 24.3 Å². The number of nitrogens with zero attached hydrogens (tertiary/aromatic N) is 3. The van der Waals surface area contributed by atoms with Crippen molar-refractivity contribution in [2.45, 2.75) is 13.3 Å². The third-order valence-electron chi connectivity index (χ3n) is 2.43. The van der Waals surface area contributed by atoms with Crippen LogP contribution in [0.1, 0.15) is 11.6 Å². The second kappa shape index (κ2) is 4.86. The molecule has 0 atom stereocenters. The van der Waals surface area contributed by atoms with E-state index in [1.54, 1.807) is 4.68 Å². The fourth-order valence-corrected chi connectivity index (χ4v) is 1.60. The molecule has 2 rings (SSSR count). The number of rotatable bonds is 4. The summed E-state index contributed by atoms with van der Waals surface area (Å²) in [6.07, 6.45) is 0.738. The van der Waals surface area contributed by atoms with Crippen LogP contribution in [-0.4, -0.2) is 21.4 Å². The molecule has 1 heterocycles. The molecule has 5 heteroatoms. The number of aromatic nitrogens is 3. The van der Waals surface area contributed by atoms with Gasteiger partial charge in [-0.25, -0.2) is 4.98 Å². The molecule has 0 saturated carbocycles. The average Bonchev–Trinajstić information content (AvgIpc) is 2.60. The number of nitrogens with two attached hydrogens (primary N) is 1. The van der Waals surface area contributed by atoms with E-state index in [1.165, 1.54) is 0 Å². The molecule has 2 N–H and O–H groups in total. The maximum atomic E-state index is 5.59. The Morgan fingerprint density at radius 2 is 2.00 bits per heavy atom. The first-order valence-electron chi connectivity index (χ1n) is 5.50. The molecule has 5 nitrogen and oxygen atoms in total. The second-order valence-corrected chi connectivity index (χ2v) is 3.87. The molecule has 0 aliphatic rings. The Morgan fingerprint density at radius 1 is 1.29 bits per heavy atom. The lowest BCUT2D eigenvalue weighted by atomic mass is 10.3. The van der Waals surface area contributed by atoms with E-state index in [0.717, 1.165) is 29.5 Å². The zero-order chi connectivity index (χ0) is 12.3. The van der Waals surface area contributed by atoms with Gasteiger partial charge in [0.15, 0.2) is 0 Å². The van der Waals surface area contributed by atoms with Crippen molar-refractivity contribution in [3.05, 3.63) is 35.9 Å². The molecular weight excluding hydrogens is 216 g/mol. The minimum atomic E-state index is 0.579. The zero-order valence-electron chi connectivity index (χ0n) is 10.1. The van der Waals surface area contributed by atoms with Crippen molar-refractivity contribution in [3.8, 4) is 5.75 Å². The first-order chi connectivity index (χ1) is 8.15. The van der Waals surface area contributed by atoms with Crippen molar-refractivity contribution in [3.63, 3.8) is 0 Å². The van der Waals surface area contributed by atoms with Gasteiger partial charge in [-0.2, -0.15) is 5.10 Å². The van der Waals surface area contributed by atoms with Crippen molar-refractivity contribution in [1.29, 1.82) is 0 Å². The van der Waals surface area contributed by atoms with Gasteiger partial charge in [0.1, 0.15) is 17.4 Å². The third-order valence-corrected chi connectivity index (χ3v) is 2.43. The van der Waals surface area contributed by atoms with Gasteiger partial charge >= 0.3 is 0 Å². The predicted molar refractivity (Wildman–Crippen MR) is 65.8 cm³/mol. The van der Waals surface area contributed by atoms with E-state index >= 15 is 0 Å². The SMILES string of the molecule is Cc1nc(CCOc2ccc(N)cc2)n(C)n1. The number of aryl methyl sites for hydroxylation is 2. The Kier molecular flexibility index (Phi) is 3.27. The maximum Gasteiger partial charge on any atom is 0.147 e. The van der Waals surface area contributed by atoms with Crippen molar-refractivity contribution in [1.82, 2.24) is 14.8 Å². The average molecular weight is 232 g/mol. The first kappa shape index (κ1) is 11.4. The largest absolute Gasteiger partial charge is 0.493 e. The van der Waals surface area contributed by atoms with Crippen LogP contribution in [0.5, 0.6) is 5.75 Å². The molecule has 1 aromatic carbocycles. The molecule has 0 spiro atoms. The fraction of sp³-hybridized carbons (Fsp3) is 0.333. The van der Waals surface area contributed by atoms with E-state index in [9.17, 15) is 0 Å². The summed E-state index contributed by atoms with van der Waals surface area (Å²) in [4.78, 5) is 4.31. The second-order valence-electron chi connectivity index (χ2n) is 3.87. The summed E-state index contributed by atoms with van der Waals surface area (Å²) in [5.74, 6) is 2.53. The molecule has 90 valence electrons. The van der Waals surface area contributed by atoms with Crippen molar-refractivity contribution >= 4 is 5.69 Å². The van der Waals surface area contributed by atoms with E-state index in [-0.39, 0.29) is 0 Å². The molecule has 0 bridgehead atoms. The highest BCUT2D eigenvalue weighted by atomic mass is 16.5. The summed E-state index contributed by atoms with van der Waals surface area (Å²) in [5.41, 5.74) is 6.33. The summed E-state index contributed by atoms with van der Waals surface area (Å²) in [6.45, 7) is 2.46. The Bertz CT molecular complexity index is 490. The maximum absolute atomic E-state index is 5.59.